The highest BCUT2D eigenvalue weighted by Crippen LogP contribution is 2.32. The van der Waals surface area contributed by atoms with Crippen LogP contribution in [0, 0.1) is 0 Å². The first kappa shape index (κ1) is 21.8. The van der Waals surface area contributed by atoms with Crippen molar-refractivity contribution in [3.63, 3.8) is 0 Å². The Morgan fingerprint density at radius 3 is 2.39 bits per heavy atom. The number of hydrogen-bond donors (Lipinski definition) is 2. The fourth-order valence-corrected chi connectivity index (χ4v) is 4.13. The van der Waals surface area contributed by atoms with Crippen LogP contribution >= 0.6 is 11.6 Å². The number of halogens is 1. The molecule has 0 aliphatic rings. The molecule has 0 aliphatic heterocycles. The van der Waals surface area contributed by atoms with E-state index in [0.29, 0.717) is 33.4 Å². The number of fused-ring (bicyclic) bond motifs is 2. The number of H-pyrrole nitrogens is 1. The quantitative estimate of drug-likeness (QED) is 0.278. The van der Waals surface area contributed by atoms with Crippen LogP contribution in [0.3, 0.4) is 0 Å². The summed E-state index contributed by atoms with van der Waals surface area (Å²) in [6.45, 7) is 0. The third-order valence-corrected chi connectivity index (χ3v) is 5.98. The minimum absolute atomic E-state index is 0.213. The Morgan fingerprint density at radius 1 is 0.806 bits per heavy atom. The fourth-order valence-electron chi connectivity index (χ4n) is 4.00. The molecule has 3 aromatic heterocycles. The van der Waals surface area contributed by atoms with Gasteiger partial charge in [0.1, 0.15) is 17.0 Å². The van der Waals surface area contributed by atoms with Gasteiger partial charge in [-0.15, -0.1) is 10.2 Å². The van der Waals surface area contributed by atoms with Gasteiger partial charge in [-0.1, -0.05) is 48.0 Å². The first-order chi connectivity index (χ1) is 17.6. The van der Waals surface area contributed by atoms with Gasteiger partial charge in [-0.3, -0.25) is 9.78 Å². The van der Waals surface area contributed by atoms with Crippen LogP contribution in [-0.4, -0.2) is 20.2 Å². The minimum atomic E-state index is -0.213. The normalized spacial score (nSPS) is 11.0. The lowest BCUT2D eigenvalue weighted by atomic mass is 10.0. The highest BCUT2D eigenvalue weighted by molar-refractivity contribution is 6.30. The smallest absolute Gasteiger partial charge is 0.248 e. The average Bonchev–Trinajstić information content (AvgIpc) is 2.91. The van der Waals surface area contributed by atoms with E-state index in [1.807, 2.05) is 72.8 Å². The zero-order chi connectivity index (χ0) is 24.5. The van der Waals surface area contributed by atoms with Crippen molar-refractivity contribution in [1.82, 2.24) is 20.2 Å². The SMILES string of the molecule is O=c1ccc2nccc(Oc3ccc(Nc4nnc(-c5ccc(Cl)cc5)c5ccccc45)cc3)c2[nH]1. The van der Waals surface area contributed by atoms with Crippen molar-refractivity contribution >= 4 is 44.9 Å². The summed E-state index contributed by atoms with van der Waals surface area (Å²) >= 11 is 6.05. The van der Waals surface area contributed by atoms with Gasteiger partial charge in [-0.2, -0.15) is 0 Å². The number of pyridine rings is 2. The standard InChI is InChI=1S/C28H18ClN5O2/c29-18-7-5-17(6-8-18)26-21-3-1-2-4-22(21)28(34-33-26)31-19-9-11-20(12-10-19)36-24-15-16-30-23-13-14-25(35)32-27(23)24/h1-16H,(H,31,34)(H,32,35). The van der Waals surface area contributed by atoms with Gasteiger partial charge in [-0.05, 0) is 42.5 Å². The lowest BCUT2D eigenvalue weighted by Gasteiger charge is -2.12. The van der Waals surface area contributed by atoms with E-state index < -0.39 is 0 Å². The minimum Gasteiger partial charge on any atom is -0.455 e. The largest absolute Gasteiger partial charge is 0.455 e. The summed E-state index contributed by atoms with van der Waals surface area (Å²) in [5.74, 6) is 1.79. The average molecular weight is 492 g/mol. The van der Waals surface area contributed by atoms with Crippen LogP contribution in [0.2, 0.25) is 5.02 Å². The zero-order valence-electron chi connectivity index (χ0n) is 18.8. The molecular weight excluding hydrogens is 474 g/mol. The Balaban J connectivity index is 1.28. The van der Waals surface area contributed by atoms with Crippen LogP contribution < -0.4 is 15.6 Å². The van der Waals surface area contributed by atoms with Crippen LogP contribution in [0.1, 0.15) is 0 Å². The molecule has 6 aromatic rings. The summed E-state index contributed by atoms with van der Waals surface area (Å²) in [4.78, 5) is 18.8. The maximum absolute atomic E-state index is 11.8. The Hall–Kier alpha value is -4.75. The van der Waals surface area contributed by atoms with E-state index in [0.717, 1.165) is 27.7 Å². The van der Waals surface area contributed by atoms with Crippen molar-refractivity contribution in [3.05, 3.63) is 113 Å². The van der Waals surface area contributed by atoms with E-state index in [1.165, 1.54) is 6.07 Å². The molecule has 0 fully saturated rings. The number of rotatable bonds is 5. The number of nitrogens with zero attached hydrogens (tertiary/aromatic N) is 3. The highest BCUT2D eigenvalue weighted by atomic mass is 35.5. The third-order valence-electron chi connectivity index (χ3n) is 5.73. The molecule has 3 aromatic carbocycles. The van der Waals surface area contributed by atoms with Crippen molar-refractivity contribution in [3.8, 4) is 22.8 Å². The Bertz CT molecular complexity index is 1770. The van der Waals surface area contributed by atoms with E-state index in [2.05, 4.69) is 25.5 Å². The van der Waals surface area contributed by atoms with E-state index >= 15 is 0 Å². The van der Waals surface area contributed by atoms with Crippen LogP contribution in [0.4, 0.5) is 11.5 Å². The number of nitrogens with one attached hydrogen (secondary N) is 2. The molecule has 0 atom stereocenters. The number of hydrogen-bond acceptors (Lipinski definition) is 6. The maximum atomic E-state index is 11.8. The molecule has 0 saturated carbocycles. The lowest BCUT2D eigenvalue weighted by molar-refractivity contribution is 0.486. The van der Waals surface area contributed by atoms with E-state index in [9.17, 15) is 4.79 Å². The second-order valence-corrected chi connectivity index (χ2v) is 8.53. The highest BCUT2D eigenvalue weighted by Gasteiger charge is 2.12. The summed E-state index contributed by atoms with van der Waals surface area (Å²) in [5, 5.41) is 14.9. The number of aromatic nitrogens is 4. The molecule has 0 unspecified atom stereocenters. The number of ether oxygens (including phenoxy) is 1. The van der Waals surface area contributed by atoms with Gasteiger partial charge < -0.3 is 15.0 Å². The van der Waals surface area contributed by atoms with Gasteiger partial charge in [-0.25, -0.2) is 0 Å². The van der Waals surface area contributed by atoms with Gasteiger partial charge in [0.15, 0.2) is 11.6 Å². The van der Waals surface area contributed by atoms with Crippen molar-refractivity contribution in [2.45, 2.75) is 0 Å². The summed E-state index contributed by atoms with van der Waals surface area (Å²) in [5.41, 5.74) is 3.55. The molecule has 36 heavy (non-hydrogen) atoms. The summed E-state index contributed by atoms with van der Waals surface area (Å²) in [7, 11) is 0. The molecule has 0 spiro atoms. The van der Waals surface area contributed by atoms with Gasteiger partial charge in [0.2, 0.25) is 5.56 Å². The summed E-state index contributed by atoms with van der Waals surface area (Å²) in [6, 6.07) is 27.8. The predicted molar refractivity (Wildman–Crippen MR) is 142 cm³/mol. The number of benzene rings is 3. The van der Waals surface area contributed by atoms with Crippen LogP contribution in [0.5, 0.6) is 11.5 Å². The first-order valence-corrected chi connectivity index (χ1v) is 11.6. The maximum Gasteiger partial charge on any atom is 0.248 e. The monoisotopic (exact) mass is 491 g/mol. The van der Waals surface area contributed by atoms with Crippen LogP contribution in [-0.2, 0) is 0 Å². The number of aromatic amines is 1. The van der Waals surface area contributed by atoms with E-state index in [4.69, 9.17) is 16.3 Å². The lowest BCUT2D eigenvalue weighted by Crippen LogP contribution is -2.04. The molecule has 0 aliphatic carbocycles. The van der Waals surface area contributed by atoms with E-state index in [-0.39, 0.29) is 5.56 Å². The third kappa shape index (κ3) is 4.23. The van der Waals surface area contributed by atoms with Gasteiger partial charge in [0.25, 0.3) is 0 Å². The topological polar surface area (TPSA) is 92.8 Å². The predicted octanol–water partition coefficient (Wildman–Crippen LogP) is 6.72. The molecule has 8 heteroatoms. The van der Waals surface area contributed by atoms with Crippen molar-refractivity contribution < 1.29 is 4.74 Å². The fraction of sp³-hybridized carbons (Fsp3) is 0. The molecule has 0 saturated heterocycles. The number of anilines is 2. The second-order valence-electron chi connectivity index (χ2n) is 8.09. The Kier molecular flexibility index (Phi) is 5.52. The second kappa shape index (κ2) is 9.13. The van der Waals surface area contributed by atoms with Crippen molar-refractivity contribution in [2.24, 2.45) is 0 Å². The molecule has 174 valence electrons. The van der Waals surface area contributed by atoms with E-state index in [1.54, 1.807) is 18.3 Å². The molecule has 6 rings (SSSR count). The zero-order valence-corrected chi connectivity index (χ0v) is 19.5. The molecule has 0 bridgehead atoms. The molecule has 7 nitrogen and oxygen atoms in total. The molecule has 0 radical (unpaired) electrons. The van der Waals surface area contributed by atoms with Crippen molar-refractivity contribution in [2.75, 3.05) is 5.32 Å². The Morgan fingerprint density at radius 2 is 1.58 bits per heavy atom. The molecular formula is C28H18ClN5O2. The van der Waals surface area contributed by atoms with Gasteiger partial charge in [0, 0.05) is 45.4 Å². The van der Waals surface area contributed by atoms with Gasteiger partial charge in [0.05, 0.1) is 5.52 Å². The van der Waals surface area contributed by atoms with Gasteiger partial charge >= 0.3 is 0 Å². The molecule has 3 heterocycles. The summed E-state index contributed by atoms with van der Waals surface area (Å²) in [6.07, 6.45) is 1.64. The molecule has 2 N–H and O–H groups in total. The Labute approximate surface area is 210 Å². The first-order valence-electron chi connectivity index (χ1n) is 11.2. The summed E-state index contributed by atoms with van der Waals surface area (Å²) < 4.78 is 6.02. The van der Waals surface area contributed by atoms with Crippen LogP contribution in [0.15, 0.2) is 102 Å². The van der Waals surface area contributed by atoms with Crippen molar-refractivity contribution in [1.29, 1.82) is 0 Å². The molecule has 0 amide bonds. The van der Waals surface area contributed by atoms with Crippen LogP contribution in [0.25, 0.3) is 33.1 Å².